The normalized spacial score (nSPS) is 10.5. The fourth-order valence-electron chi connectivity index (χ4n) is 2.68. The Hall–Kier alpha value is -1.87. The van der Waals surface area contributed by atoms with Gasteiger partial charge in [-0.05, 0) is 49.6 Å². The van der Waals surface area contributed by atoms with E-state index in [1.54, 1.807) is 0 Å². The molecule has 0 spiro atoms. The highest BCUT2D eigenvalue weighted by Crippen LogP contribution is 2.22. The van der Waals surface area contributed by atoms with E-state index in [1.807, 2.05) is 18.2 Å². The number of thiocarbonyl (C=S) groups is 1. The van der Waals surface area contributed by atoms with Gasteiger partial charge in [0.2, 0.25) is 0 Å². The Bertz CT molecular complexity index is 654. The maximum absolute atomic E-state index is 5.71. The summed E-state index contributed by atoms with van der Waals surface area (Å²) in [6.07, 6.45) is 0. The molecule has 110 valence electrons. The Morgan fingerprint density at radius 2 is 1.71 bits per heavy atom. The van der Waals surface area contributed by atoms with Gasteiger partial charge in [0.05, 0.1) is 0 Å². The van der Waals surface area contributed by atoms with Gasteiger partial charge in [-0.1, -0.05) is 42.0 Å². The lowest BCUT2D eigenvalue weighted by atomic mass is 9.99. The zero-order chi connectivity index (χ0) is 15.6. The number of nitrogens with two attached hydrogens (primary N) is 1. The van der Waals surface area contributed by atoms with E-state index in [0.29, 0.717) is 4.99 Å². The van der Waals surface area contributed by atoms with Crippen LogP contribution in [-0.4, -0.2) is 12.0 Å². The van der Waals surface area contributed by atoms with Crippen LogP contribution < -0.4 is 10.6 Å². The van der Waals surface area contributed by atoms with Crippen LogP contribution in [0.2, 0.25) is 0 Å². The lowest BCUT2D eigenvalue weighted by Gasteiger charge is -2.23. The average molecular weight is 298 g/mol. The van der Waals surface area contributed by atoms with Gasteiger partial charge in [0.1, 0.15) is 4.99 Å². The van der Waals surface area contributed by atoms with Gasteiger partial charge >= 0.3 is 0 Å². The van der Waals surface area contributed by atoms with Gasteiger partial charge in [-0.25, -0.2) is 0 Å². The third-order valence-corrected chi connectivity index (χ3v) is 4.04. The SMILES string of the molecule is Cc1cc(C)c(CN(C)c2cccc(C(N)=S)c2)c(C)c1. The second kappa shape index (κ2) is 6.27. The maximum atomic E-state index is 5.71. The van der Waals surface area contributed by atoms with E-state index in [4.69, 9.17) is 18.0 Å². The van der Waals surface area contributed by atoms with E-state index in [1.165, 1.54) is 22.3 Å². The van der Waals surface area contributed by atoms with Crippen LogP contribution in [0.15, 0.2) is 36.4 Å². The molecule has 0 aromatic heterocycles. The lowest BCUT2D eigenvalue weighted by molar-refractivity contribution is 0.903. The number of anilines is 1. The molecule has 0 saturated carbocycles. The zero-order valence-corrected chi connectivity index (χ0v) is 13.9. The van der Waals surface area contributed by atoms with Crippen LogP contribution in [0.1, 0.15) is 27.8 Å². The van der Waals surface area contributed by atoms with Crippen LogP contribution in [0.25, 0.3) is 0 Å². The monoisotopic (exact) mass is 298 g/mol. The van der Waals surface area contributed by atoms with Crippen molar-refractivity contribution in [3.8, 4) is 0 Å². The molecule has 0 amide bonds. The van der Waals surface area contributed by atoms with Crippen molar-refractivity contribution in [3.05, 3.63) is 64.2 Å². The van der Waals surface area contributed by atoms with Gasteiger partial charge in [0.25, 0.3) is 0 Å². The number of hydrogen-bond acceptors (Lipinski definition) is 2. The summed E-state index contributed by atoms with van der Waals surface area (Å²) in [5, 5.41) is 0. The maximum Gasteiger partial charge on any atom is 0.104 e. The summed E-state index contributed by atoms with van der Waals surface area (Å²) in [5.74, 6) is 0. The third-order valence-electron chi connectivity index (χ3n) is 3.81. The molecule has 3 heteroatoms. The summed E-state index contributed by atoms with van der Waals surface area (Å²) < 4.78 is 0. The smallest absolute Gasteiger partial charge is 0.104 e. The van der Waals surface area contributed by atoms with Crippen LogP contribution in [0.3, 0.4) is 0 Å². The number of aryl methyl sites for hydroxylation is 3. The molecule has 0 aliphatic heterocycles. The standard InChI is InChI=1S/C18H22N2S/c1-12-8-13(2)17(14(3)9-12)11-20(4)16-7-5-6-15(10-16)18(19)21/h5-10H,11H2,1-4H3,(H2,19,21). The van der Waals surface area contributed by atoms with Crippen molar-refractivity contribution in [3.63, 3.8) is 0 Å². The quantitative estimate of drug-likeness (QED) is 0.869. The first-order valence-corrected chi connectivity index (χ1v) is 7.47. The minimum Gasteiger partial charge on any atom is -0.389 e. The highest BCUT2D eigenvalue weighted by Gasteiger charge is 2.09. The molecule has 2 N–H and O–H groups in total. The first-order chi connectivity index (χ1) is 9.88. The predicted molar refractivity (Wildman–Crippen MR) is 95.1 cm³/mol. The van der Waals surface area contributed by atoms with Crippen LogP contribution >= 0.6 is 12.2 Å². The zero-order valence-electron chi connectivity index (χ0n) is 13.1. The Kier molecular flexibility index (Phi) is 4.63. The van der Waals surface area contributed by atoms with Gasteiger partial charge in [0.15, 0.2) is 0 Å². The molecular weight excluding hydrogens is 276 g/mol. The van der Waals surface area contributed by atoms with Gasteiger partial charge < -0.3 is 10.6 Å². The van der Waals surface area contributed by atoms with E-state index < -0.39 is 0 Å². The van der Waals surface area contributed by atoms with Crippen molar-refractivity contribution in [2.75, 3.05) is 11.9 Å². The van der Waals surface area contributed by atoms with Crippen molar-refractivity contribution in [2.45, 2.75) is 27.3 Å². The fraction of sp³-hybridized carbons (Fsp3) is 0.278. The molecule has 0 radical (unpaired) electrons. The largest absolute Gasteiger partial charge is 0.389 e. The average Bonchev–Trinajstić information content (AvgIpc) is 2.42. The van der Waals surface area contributed by atoms with E-state index >= 15 is 0 Å². The van der Waals surface area contributed by atoms with Crippen molar-refractivity contribution in [1.82, 2.24) is 0 Å². The van der Waals surface area contributed by atoms with Crippen molar-refractivity contribution in [1.29, 1.82) is 0 Å². The van der Waals surface area contributed by atoms with Gasteiger partial charge in [0, 0.05) is 24.8 Å². The van der Waals surface area contributed by atoms with Crippen LogP contribution in [0, 0.1) is 20.8 Å². The molecule has 0 atom stereocenters. The molecule has 0 aliphatic carbocycles. The van der Waals surface area contributed by atoms with Gasteiger partial charge in [-0.3, -0.25) is 0 Å². The Morgan fingerprint density at radius 3 is 2.29 bits per heavy atom. The minimum absolute atomic E-state index is 0.438. The number of rotatable bonds is 4. The van der Waals surface area contributed by atoms with E-state index in [2.05, 4.69) is 50.9 Å². The highest BCUT2D eigenvalue weighted by molar-refractivity contribution is 7.80. The second-order valence-corrected chi connectivity index (χ2v) is 6.09. The Morgan fingerprint density at radius 1 is 1.10 bits per heavy atom. The van der Waals surface area contributed by atoms with Gasteiger partial charge in [-0.15, -0.1) is 0 Å². The minimum atomic E-state index is 0.438. The van der Waals surface area contributed by atoms with Gasteiger partial charge in [-0.2, -0.15) is 0 Å². The molecule has 0 saturated heterocycles. The number of nitrogens with zero attached hydrogens (tertiary/aromatic N) is 1. The first-order valence-electron chi connectivity index (χ1n) is 7.06. The third kappa shape index (κ3) is 3.61. The topological polar surface area (TPSA) is 29.3 Å². The Labute approximate surface area is 132 Å². The Balaban J connectivity index is 2.28. The van der Waals surface area contributed by atoms with Crippen molar-refractivity contribution in [2.24, 2.45) is 5.73 Å². The molecule has 0 bridgehead atoms. The van der Waals surface area contributed by atoms with E-state index in [9.17, 15) is 0 Å². The molecule has 0 heterocycles. The molecule has 21 heavy (non-hydrogen) atoms. The molecule has 2 rings (SSSR count). The molecule has 2 aromatic carbocycles. The first kappa shape index (κ1) is 15.5. The highest BCUT2D eigenvalue weighted by atomic mass is 32.1. The van der Waals surface area contributed by atoms with Crippen LogP contribution in [0.5, 0.6) is 0 Å². The predicted octanol–water partition coefficient (Wildman–Crippen LogP) is 3.88. The summed E-state index contributed by atoms with van der Waals surface area (Å²) >= 11 is 5.05. The summed E-state index contributed by atoms with van der Waals surface area (Å²) in [5.41, 5.74) is 13.1. The van der Waals surface area contributed by atoms with Crippen molar-refractivity contribution >= 4 is 22.9 Å². The summed E-state index contributed by atoms with van der Waals surface area (Å²) in [6.45, 7) is 7.36. The summed E-state index contributed by atoms with van der Waals surface area (Å²) in [6, 6.07) is 12.5. The fourth-order valence-corrected chi connectivity index (χ4v) is 2.81. The molecule has 2 aromatic rings. The number of benzene rings is 2. The summed E-state index contributed by atoms with van der Waals surface area (Å²) in [7, 11) is 2.09. The summed E-state index contributed by atoms with van der Waals surface area (Å²) in [4.78, 5) is 2.67. The van der Waals surface area contributed by atoms with Crippen LogP contribution in [0.4, 0.5) is 5.69 Å². The van der Waals surface area contributed by atoms with Crippen molar-refractivity contribution < 1.29 is 0 Å². The van der Waals surface area contributed by atoms with E-state index in [-0.39, 0.29) is 0 Å². The van der Waals surface area contributed by atoms with Crippen LogP contribution in [-0.2, 0) is 6.54 Å². The number of hydrogen-bond donors (Lipinski definition) is 1. The molecule has 0 unspecified atom stereocenters. The van der Waals surface area contributed by atoms with E-state index in [0.717, 1.165) is 17.8 Å². The molecule has 0 aliphatic rings. The lowest BCUT2D eigenvalue weighted by Crippen LogP contribution is -2.19. The molecule has 0 fully saturated rings. The molecular formula is C18H22N2S. The second-order valence-electron chi connectivity index (χ2n) is 5.65. The molecule has 2 nitrogen and oxygen atoms in total.